The molecule has 0 aliphatic heterocycles. The molecule has 2 aromatic rings. The quantitative estimate of drug-likeness (QED) is 0.554. The number of hydrogen-bond donors (Lipinski definition) is 1. The predicted molar refractivity (Wildman–Crippen MR) is 128 cm³/mol. The zero-order valence-electron chi connectivity index (χ0n) is 19.5. The van der Waals surface area contributed by atoms with Gasteiger partial charge in [0, 0.05) is 17.8 Å². The van der Waals surface area contributed by atoms with Crippen LogP contribution in [0.15, 0.2) is 48.5 Å². The molecule has 2 aromatic carbocycles. The van der Waals surface area contributed by atoms with E-state index in [2.05, 4.69) is 5.32 Å². The summed E-state index contributed by atoms with van der Waals surface area (Å²) in [5.41, 5.74) is 1.46. The van der Waals surface area contributed by atoms with Gasteiger partial charge in [-0.15, -0.1) is 11.8 Å². The van der Waals surface area contributed by atoms with Crippen LogP contribution in [0.2, 0.25) is 0 Å². The van der Waals surface area contributed by atoms with Crippen LogP contribution in [0.3, 0.4) is 0 Å². The van der Waals surface area contributed by atoms with Gasteiger partial charge in [-0.3, -0.25) is 9.59 Å². The number of nitrogens with zero attached hydrogens (tertiary/aromatic N) is 1. The second-order valence-electron chi connectivity index (χ2n) is 8.65. The molecule has 5 nitrogen and oxygen atoms in total. The first kappa shape index (κ1) is 25.7. The molecule has 0 saturated heterocycles. The second kappa shape index (κ2) is 11.9. The molecule has 2 amide bonds. The number of nitrogens with one attached hydrogen (secondary N) is 1. The van der Waals surface area contributed by atoms with Gasteiger partial charge in [-0.05, 0) is 62.6 Å². The Hall–Kier alpha value is -2.54. The number of methoxy groups -OCH3 is 1. The molecule has 174 valence electrons. The molecule has 1 N–H and O–H groups in total. The SMILES string of the molecule is CC[C@H](C(=O)NC(C)(C)C)N(Cc1ccc(F)cc1)C(=O)CSCc1ccc(OC)cc1. The van der Waals surface area contributed by atoms with Gasteiger partial charge in [0.25, 0.3) is 0 Å². The highest BCUT2D eigenvalue weighted by molar-refractivity contribution is 7.99. The van der Waals surface area contributed by atoms with Crippen LogP contribution in [0.4, 0.5) is 4.39 Å². The molecule has 0 aromatic heterocycles. The van der Waals surface area contributed by atoms with Crippen LogP contribution >= 0.6 is 11.8 Å². The molecule has 0 fully saturated rings. The van der Waals surface area contributed by atoms with Crippen LogP contribution in [0.1, 0.15) is 45.2 Å². The molecule has 0 saturated carbocycles. The van der Waals surface area contributed by atoms with Gasteiger partial charge in [-0.1, -0.05) is 31.2 Å². The van der Waals surface area contributed by atoms with Gasteiger partial charge in [0.05, 0.1) is 12.9 Å². The highest BCUT2D eigenvalue weighted by Crippen LogP contribution is 2.19. The van der Waals surface area contributed by atoms with Crippen molar-refractivity contribution >= 4 is 23.6 Å². The molecular weight excluding hydrogens is 427 g/mol. The fourth-order valence-electron chi connectivity index (χ4n) is 3.22. The lowest BCUT2D eigenvalue weighted by Crippen LogP contribution is -2.53. The Morgan fingerprint density at radius 3 is 2.19 bits per heavy atom. The number of amides is 2. The Kier molecular flexibility index (Phi) is 9.57. The number of halogens is 1. The maximum absolute atomic E-state index is 13.3. The van der Waals surface area contributed by atoms with Gasteiger partial charge in [-0.25, -0.2) is 4.39 Å². The molecule has 0 heterocycles. The normalized spacial score (nSPS) is 12.2. The number of hydrogen-bond acceptors (Lipinski definition) is 4. The van der Waals surface area contributed by atoms with Crippen LogP contribution in [0.5, 0.6) is 5.75 Å². The first-order chi connectivity index (χ1) is 15.1. The van der Waals surface area contributed by atoms with E-state index in [0.717, 1.165) is 16.9 Å². The zero-order chi connectivity index (χ0) is 23.7. The summed E-state index contributed by atoms with van der Waals surface area (Å²) in [7, 11) is 1.62. The highest BCUT2D eigenvalue weighted by atomic mass is 32.2. The minimum Gasteiger partial charge on any atom is -0.497 e. The fourth-order valence-corrected chi connectivity index (χ4v) is 4.09. The molecule has 0 unspecified atom stereocenters. The summed E-state index contributed by atoms with van der Waals surface area (Å²) in [6.07, 6.45) is 0.484. The summed E-state index contributed by atoms with van der Waals surface area (Å²) in [5, 5.41) is 2.98. The van der Waals surface area contributed by atoms with E-state index in [-0.39, 0.29) is 29.9 Å². The molecule has 1 atom stereocenters. The van der Waals surface area contributed by atoms with Crippen molar-refractivity contribution in [1.82, 2.24) is 10.2 Å². The van der Waals surface area contributed by atoms with Crippen LogP contribution < -0.4 is 10.1 Å². The summed E-state index contributed by atoms with van der Waals surface area (Å²) >= 11 is 1.50. The molecule has 7 heteroatoms. The number of benzene rings is 2. The van der Waals surface area contributed by atoms with Crippen LogP contribution in [0.25, 0.3) is 0 Å². The molecule has 0 radical (unpaired) electrons. The maximum Gasteiger partial charge on any atom is 0.243 e. The lowest BCUT2D eigenvalue weighted by molar-refractivity contribution is -0.140. The van der Waals surface area contributed by atoms with Gasteiger partial charge < -0.3 is 15.0 Å². The Labute approximate surface area is 194 Å². The predicted octanol–water partition coefficient (Wildman–Crippen LogP) is 4.79. The minimum absolute atomic E-state index is 0.122. The van der Waals surface area contributed by atoms with E-state index >= 15 is 0 Å². The Morgan fingerprint density at radius 2 is 1.66 bits per heavy atom. The van der Waals surface area contributed by atoms with E-state index in [4.69, 9.17) is 4.74 Å². The molecule has 0 aliphatic carbocycles. The van der Waals surface area contributed by atoms with Crippen molar-refractivity contribution in [3.05, 3.63) is 65.5 Å². The second-order valence-corrected chi connectivity index (χ2v) is 9.64. The lowest BCUT2D eigenvalue weighted by atomic mass is 10.1. The van der Waals surface area contributed by atoms with Crippen molar-refractivity contribution in [1.29, 1.82) is 0 Å². The average Bonchev–Trinajstić information content (AvgIpc) is 2.74. The number of carbonyl (C=O) groups excluding carboxylic acids is 2. The highest BCUT2D eigenvalue weighted by Gasteiger charge is 2.30. The largest absolute Gasteiger partial charge is 0.497 e. The molecule has 0 bridgehead atoms. The Morgan fingerprint density at radius 1 is 1.06 bits per heavy atom. The van der Waals surface area contributed by atoms with Gasteiger partial charge in [0.1, 0.15) is 17.6 Å². The first-order valence-electron chi connectivity index (χ1n) is 10.7. The van der Waals surface area contributed by atoms with E-state index < -0.39 is 11.6 Å². The summed E-state index contributed by atoms with van der Waals surface area (Å²) in [5.74, 6) is 1.06. The van der Waals surface area contributed by atoms with Gasteiger partial charge in [-0.2, -0.15) is 0 Å². The minimum atomic E-state index is -0.603. The van der Waals surface area contributed by atoms with E-state index in [1.807, 2.05) is 52.0 Å². The summed E-state index contributed by atoms with van der Waals surface area (Å²) in [6, 6.07) is 13.2. The zero-order valence-corrected chi connectivity index (χ0v) is 20.3. The fraction of sp³-hybridized carbons (Fsp3) is 0.440. The van der Waals surface area contributed by atoms with Gasteiger partial charge in [0.2, 0.25) is 11.8 Å². The van der Waals surface area contributed by atoms with Crippen LogP contribution in [0, 0.1) is 5.82 Å². The molecule has 2 rings (SSSR count). The molecule has 32 heavy (non-hydrogen) atoms. The summed E-state index contributed by atoms with van der Waals surface area (Å²) < 4.78 is 18.5. The lowest BCUT2D eigenvalue weighted by Gasteiger charge is -2.33. The van der Waals surface area contributed by atoms with Gasteiger partial charge >= 0.3 is 0 Å². The number of thioether (sulfide) groups is 1. The Bertz CT molecular complexity index is 880. The molecule has 0 spiro atoms. The average molecular weight is 461 g/mol. The van der Waals surface area contributed by atoms with Crippen LogP contribution in [-0.4, -0.2) is 41.2 Å². The Balaban J connectivity index is 2.12. The van der Waals surface area contributed by atoms with Crippen molar-refractivity contribution < 1.29 is 18.7 Å². The van der Waals surface area contributed by atoms with E-state index in [0.29, 0.717) is 12.2 Å². The van der Waals surface area contributed by atoms with Crippen molar-refractivity contribution in [2.75, 3.05) is 12.9 Å². The number of ether oxygens (including phenoxy) is 1. The summed E-state index contributed by atoms with van der Waals surface area (Å²) in [6.45, 7) is 7.87. The summed E-state index contributed by atoms with van der Waals surface area (Å²) in [4.78, 5) is 27.8. The monoisotopic (exact) mass is 460 g/mol. The van der Waals surface area contributed by atoms with Crippen molar-refractivity contribution in [2.45, 2.75) is 58.0 Å². The number of rotatable bonds is 10. The molecule has 0 aliphatic rings. The van der Waals surface area contributed by atoms with Gasteiger partial charge in [0.15, 0.2) is 0 Å². The van der Waals surface area contributed by atoms with Crippen LogP contribution in [-0.2, 0) is 21.9 Å². The van der Waals surface area contributed by atoms with Crippen molar-refractivity contribution in [2.24, 2.45) is 0 Å². The van der Waals surface area contributed by atoms with Crippen molar-refractivity contribution in [3.8, 4) is 5.75 Å². The molecular formula is C25H33FN2O3S. The number of carbonyl (C=O) groups is 2. The van der Waals surface area contributed by atoms with E-state index in [1.54, 1.807) is 24.1 Å². The third-order valence-corrected chi connectivity index (χ3v) is 5.79. The smallest absolute Gasteiger partial charge is 0.243 e. The standard InChI is InChI=1S/C25H33FN2O3S/c1-6-22(24(30)27-25(2,3)4)28(15-18-7-11-20(26)12-8-18)23(29)17-32-16-19-9-13-21(31-5)14-10-19/h7-14,22H,6,15-17H2,1-5H3,(H,27,30)/t22-/m1/s1. The third kappa shape index (κ3) is 8.19. The van der Waals surface area contributed by atoms with Crippen molar-refractivity contribution in [3.63, 3.8) is 0 Å². The third-order valence-electron chi connectivity index (χ3n) is 4.80. The van der Waals surface area contributed by atoms with E-state index in [9.17, 15) is 14.0 Å². The van der Waals surface area contributed by atoms with E-state index in [1.165, 1.54) is 23.9 Å². The first-order valence-corrected chi connectivity index (χ1v) is 11.8. The topological polar surface area (TPSA) is 58.6 Å². The maximum atomic E-state index is 13.3.